The summed E-state index contributed by atoms with van der Waals surface area (Å²) in [5.74, 6) is 0.474. The minimum Gasteiger partial charge on any atom is -0.353 e. The number of aromatic amines is 1. The normalized spacial score (nSPS) is 21.2. The fourth-order valence-electron chi connectivity index (χ4n) is 3.08. The third kappa shape index (κ3) is 3.36. The molecule has 1 heterocycles. The molecule has 5 nitrogen and oxygen atoms in total. The van der Waals surface area contributed by atoms with E-state index in [1.165, 1.54) is 0 Å². The first-order chi connectivity index (χ1) is 9.78. The lowest BCUT2D eigenvalue weighted by Crippen LogP contribution is -2.40. The number of nitrogens with two attached hydrogens (primary N) is 1. The highest BCUT2D eigenvalue weighted by atomic mass is 35.5. The van der Waals surface area contributed by atoms with E-state index in [-0.39, 0.29) is 24.4 Å². The van der Waals surface area contributed by atoms with Gasteiger partial charge in [0.25, 0.3) is 0 Å². The lowest BCUT2D eigenvalue weighted by atomic mass is 10.0. The highest BCUT2D eigenvalue weighted by molar-refractivity contribution is 5.87. The van der Waals surface area contributed by atoms with Gasteiger partial charge in [-0.2, -0.15) is 5.10 Å². The van der Waals surface area contributed by atoms with Crippen molar-refractivity contribution in [3.63, 3.8) is 0 Å². The monoisotopic (exact) mass is 308 g/mol. The largest absolute Gasteiger partial charge is 0.353 e. The summed E-state index contributed by atoms with van der Waals surface area (Å²) in [5, 5.41) is 11.3. The Morgan fingerprint density at radius 1 is 1.38 bits per heavy atom. The van der Waals surface area contributed by atoms with Crippen LogP contribution in [-0.4, -0.2) is 28.7 Å². The van der Waals surface area contributed by atoms with Crippen molar-refractivity contribution in [3.05, 3.63) is 30.0 Å². The average molecular weight is 309 g/mol. The van der Waals surface area contributed by atoms with Crippen molar-refractivity contribution in [2.24, 2.45) is 11.7 Å². The molecule has 1 saturated carbocycles. The standard InChI is InChI=1S/C15H20N4O.ClH/c16-9-10-4-3-7-12(10)17-15(20)8-14-11-5-1-2-6-13(11)18-19-14;/h1-2,5-6,10,12H,3-4,7-9,16H2,(H,17,20)(H,18,19);1H. The Morgan fingerprint density at radius 2 is 2.19 bits per heavy atom. The Hall–Kier alpha value is -1.59. The summed E-state index contributed by atoms with van der Waals surface area (Å²) in [6, 6.07) is 8.06. The number of benzene rings is 1. The molecule has 0 radical (unpaired) electrons. The van der Waals surface area contributed by atoms with E-state index < -0.39 is 0 Å². The van der Waals surface area contributed by atoms with Crippen LogP contribution < -0.4 is 11.1 Å². The van der Waals surface area contributed by atoms with Gasteiger partial charge in [-0.15, -0.1) is 12.4 Å². The molecule has 0 saturated heterocycles. The minimum absolute atomic E-state index is 0. The molecule has 1 aromatic heterocycles. The van der Waals surface area contributed by atoms with Gasteiger partial charge < -0.3 is 11.1 Å². The topological polar surface area (TPSA) is 83.8 Å². The predicted molar refractivity (Wildman–Crippen MR) is 85.4 cm³/mol. The van der Waals surface area contributed by atoms with Crippen molar-refractivity contribution in [3.8, 4) is 0 Å². The second-order valence-corrected chi connectivity index (χ2v) is 5.50. The van der Waals surface area contributed by atoms with Crippen LogP contribution in [0, 0.1) is 5.92 Å². The summed E-state index contributed by atoms with van der Waals surface area (Å²) in [6.45, 7) is 0.651. The average Bonchev–Trinajstić information content (AvgIpc) is 3.06. The second kappa shape index (κ2) is 6.91. The number of H-pyrrole nitrogens is 1. The number of nitrogens with one attached hydrogen (secondary N) is 2. The molecule has 3 rings (SSSR count). The highest BCUT2D eigenvalue weighted by Crippen LogP contribution is 2.24. The first-order valence-electron chi connectivity index (χ1n) is 7.19. The number of carbonyl (C=O) groups is 1. The van der Waals surface area contributed by atoms with E-state index in [9.17, 15) is 4.79 Å². The molecule has 21 heavy (non-hydrogen) atoms. The van der Waals surface area contributed by atoms with E-state index in [4.69, 9.17) is 5.73 Å². The Kier molecular flexibility index (Phi) is 5.20. The van der Waals surface area contributed by atoms with E-state index in [2.05, 4.69) is 15.5 Å². The summed E-state index contributed by atoms with van der Waals surface area (Å²) in [4.78, 5) is 12.2. The van der Waals surface area contributed by atoms with Gasteiger partial charge in [-0.3, -0.25) is 9.89 Å². The predicted octanol–water partition coefficient (Wildman–Crippen LogP) is 1.77. The van der Waals surface area contributed by atoms with Crippen LogP contribution in [0.15, 0.2) is 24.3 Å². The quantitative estimate of drug-likeness (QED) is 0.805. The Balaban J connectivity index is 0.00000161. The van der Waals surface area contributed by atoms with Gasteiger partial charge in [-0.05, 0) is 31.4 Å². The molecule has 1 aromatic carbocycles. The first kappa shape index (κ1) is 15.8. The van der Waals surface area contributed by atoms with Crippen LogP contribution >= 0.6 is 12.4 Å². The molecule has 1 aliphatic carbocycles. The molecule has 6 heteroatoms. The molecule has 1 fully saturated rings. The number of hydrogen-bond acceptors (Lipinski definition) is 3. The molecular weight excluding hydrogens is 288 g/mol. The first-order valence-corrected chi connectivity index (χ1v) is 7.19. The zero-order valence-electron chi connectivity index (χ0n) is 11.8. The van der Waals surface area contributed by atoms with Gasteiger partial charge in [0.05, 0.1) is 17.6 Å². The third-order valence-corrected chi connectivity index (χ3v) is 4.19. The molecule has 114 valence electrons. The number of carbonyl (C=O) groups excluding carboxylic acids is 1. The van der Waals surface area contributed by atoms with E-state index in [0.717, 1.165) is 35.9 Å². The Bertz CT molecular complexity index is 612. The number of halogens is 1. The van der Waals surface area contributed by atoms with Gasteiger partial charge in [0.1, 0.15) is 0 Å². The molecule has 0 bridgehead atoms. The van der Waals surface area contributed by atoms with Crippen molar-refractivity contribution in [2.75, 3.05) is 6.54 Å². The molecule has 2 unspecified atom stereocenters. The van der Waals surface area contributed by atoms with E-state index in [0.29, 0.717) is 18.9 Å². The molecule has 0 aliphatic heterocycles. The van der Waals surface area contributed by atoms with Gasteiger partial charge >= 0.3 is 0 Å². The zero-order valence-corrected chi connectivity index (χ0v) is 12.7. The van der Waals surface area contributed by atoms with Gasteiger partial charge in [0, 0.05) is 11.4 Å². The fraction of sp³-hybridized carbons (Fsp3) is 0.467. The van der Waals surface area contributed by atoms with Gasteiger partial charge in [0.15, 0.2) is 0 Å². The lowest BCUT2D eigenvalue weighted by molar-refractivity contribution is -0.121. The number of fused-ring (bicyclic) bond motifs is 1. The van der Waals surface area contributed by atoms with Crippen LogP contribution in [0.3, 0.4) is 0 Å². The maximum Gasteiger partial charge on any atom is 0.226 e. The fourth-order valence-corrected chi connectivity index (χ4v) is 3.08. The second-order valence-electron chi connectivity index (χ2n) is 5.50. The number of para-hydroxylation sites is 1. The molecule has 1 amide bonds. The van der Waals surface area contributed by atoms with Crippen molar-refractivity contribution in [1.29, 1.82) is 0 Å². The van der Waals surface area contributed by atoms with Crippen LogP contribution in [0.5, 0.6) is 0 Å². The third-order valence-electron chi connectivity index (χ3n) is 4.19. The molecule has 1 aliphatic rings. The van der Waals surface area contributed by atoms with Gasteiger partial charge in [0.2, 0.25) is 5.91 Å². The SMILES string of the molecule is Cl.NCC1CCCC1NC(=O)Cc1[nH]nc2ccccc12. The van der Waals surface area contributed by atoms with Crippen LogP contribution in [0.2, 0.25) is 0 Å². The summed E-state index contributed by atoms with van der Waals surface area (Å²) in [7, 11) is 0. The maximum absolute atomic E-state index is 12.2. The summed E-state index contributed by atoms with van der Waals surface area (Å²) < 4.78 is 0. The van der Waals surface area contributed by atoms with Gasteiger partial charge in [-0.25, -0.2) is 0 Å². The number of nitrogens with zero attached hydrogens (tertiary/aromatic N) is 1. The number of hydrogen-bond donors (Lipinski definition) is 3. The van der Waals surface area contributed by atoms with Gasteiger partial charge in [-0.1, -0.05) is 24.6 Å². The van der Waals surface area contributed by atoms with Crippen molar-refractivity contribution >= 4 is 29.2 Å². The molecule has 0 spiro atoms. The minimum atomic E-state index is 0. The van der Waals surface area contributed by atoms with E-state index in [1.807, 2.05) is 24.3 Å². The Labute approximate surface area is 130 Å². The molecule has 2 atom stereocenters. The number of aromatic nitrogens is 2. The molecule has 4 N–H and O–H groups in total. The zero-order chi connectivity index (χ0) is 13.9. The summed E-state index contributed by atoms with van der Waals surface area (Å²) >= 11 is 0. The summed E-state index contributed by atoms with van der Waals surface area (Å²) in [6.07, 6.45) is 3.65. The van der Waals surface area contributed by atoms with Crippen LogP contribution in [0.4, 0.5) is 0 Å². The smallest absolute Gasteiger partial charge is 0.226 e. The number of rotatable bonds is 4. The molecule has 2 aromatic rings. The van der Waals surface area contributed by atoms with Crippen molar-refractivity contribution < 1.29 is 4.79 Å². The number of amides is 1. The van der Waals surface area contributed by atoms with Crippen LogP contribution in [0.25, 0.3) is 10.9 Å². The van der Waals surface area contributed by atoms with E-state index >= 15 is 0 Å². The Morgan fingerprint density at radius 3 is 3.00 bits per heavy atom. The van der Waals surface area contributed by atoms with Crippen molar-refractivity contribution in [2.45, 2.75) is 31.7 Å². The van der Waals surface area contributed by atoms with Crippen molar-refractivity contribution in [1.82, 2.24) is 15.5 Å². The van der Waals surface area contributed by atoms with Crippen LogP contribution in [-0.2, 0) is 11.2 Å². The maximum atomic E-state index is 12.2. The summed E-state index contributed by atoms with van der Waals surface area (Å²) in [5.41, 5.74) is 7.52. The van der Waals surface area contributed by atoms with E-state index in [1.54, 1.807) is 0 Å². The van der Waals surface area contributed by atoms with Crippen LogP contribution in [0.1, 0.15) is 25.0 Å². The molecular formula is C15H21ClN4O. The lowest BCUT2D eigenvalue weighted by Gasteiger charge is -2.19. The highest BCUT2D eigenvalue weighted by Gasteiger charge is 2.27.